The lowest BCUT2D eigenvalue weighted by Crippen LogP contribution is -2.16. The van der Waals surface area contributed by atoms with Crippen LogP contribution in [0.25, 0.3) is 0 Å². The third-order valence-corrected chi connectivity index (χ3v) is 3.29. The minimum atomic E-state index is -1.44. The highest BCUT2D eigenvalue weighted by atomic mass is 79.9. The SMILES string of the molecule is O=C(Nc1cccc(F)c1C(=O)O)c1ccccc1Br. The molecular weight excluding hydrogens is 329 g/mol. The standard InChI is InChI=1S/C14H9BrFNO3/c15-9-5-2-1-4-8(9)13(18)17-11-7-3-6-10(16)12(11)14(19)20/h1-7H,(H,17,18)(H,19,20). The molecular formula is C14H9BrFNO3. The molecule has 0 radical (unpaired) electrons. The monoisotopic (exact) mass is 337 g/mol. The minimum Gasteiger partial charge on any atom is -0.478 e. The lowest BCUT2D eigenvalue weighted by molar-refractivity contribution is 0.0693. The van der Waals surface area contributed by atoms with Crippen LogP contribution in [0.2, 0.25) is 0 Å². The average Bonchev–Trinajstić information content (AvgIpc) is 2.38. The molecule has 0 unspecified atom stereocenters. The molecule has 1 amide bonds. The Balaban J connectivity index is 2.36. The zero-order chi connectivity index (χ0) is 14.7. The summed E-state index contributed by atoms with van der Waals surface area (Å²) in [5.74, 6) is -2.86. The van der Waals surface area contributed by atoms with Gasteiger partial charge in [0.25, 0.3) is 5.91 Å². The molecule has 2 aromatic rings. The van der Waals surface area contributed by atoms with E-state index in [4.69, 9.17) is 5.11 Å². The first kappa shape index (κ1) is 14.2. The summed E-state index contributed by atoms with van der Waals surface area (Å²) >= 11 is 3.22. The van der Waals surface area contributed by atoms with Gasteiger partial charge in [-0.3, -0.25) is 4.79 Å². The van der Waals surface area contributed by atoms with Crippen molar-refractivity contribution in [3.8, 4) is 0 Å². The van der Waals surface area contributed by atoms with Crippen LogP contribution in [-0.4, -0.2) is 17.0 Å². The van der Waals surface area contributed by atoms with Gasteiger partial charge in [-0.15, -0.1) is 0 Å². The molecule has 2 rings (SSSR count). The van der Waals surface area contributed by atoms with Crippen LogP contribution in [0, 0.1) is 5.82 Å². The first-order valence-electron chi connectivity index (χ1n) is 5.58. The normalized spacial score (nSPS) is 10.1. The summed E-state index contributed by atoms with van der Waals surface area (Å²) in [6, 6.07) is 10.4. The van der Waals surface area contributed by atoms with E-state index in [0.29, 0.717) is 10.0 Å². The number of carbonyl (C=O) groups is 2. The van der Waals surface area contributed by atoms with Crippen LogP contribution >= 0.6 is 15.9 Å². The largest absolute Gasteiger partial charge is 0.478 e. The summed E-state index contributed by atoms with van der Waals surface area (Å²) in [6.45, 7) is 0. The number of amides is 1. The van der Waals surface area contributed by atoms with E-state index in [9.17, 15) is 14.0 Å². The molecule has 2 aromatic carbocycles. The maximum absolute atomic E-state index is 13.5. The fourth-order valence-electron chi connectivity index (χ4n) is 1.68. The van der Waals surface area contributed by atoms with Crippen LogP contribution in [0.3, 0.4) is 0 Å². The Morgan fingerprint density at radius 3 is 2.45 bits per heavy atom. The van der Waals surface area contributed by atoms with E-state index < -0.39 is 23.3 Å². The Bertz CT molecular complexity index is 688. The number of benzene rings is 2. The maximum atomic E-state index is 13.5. The van der Waals surface area contributed by atoms with Crippen molar-refractivity contribution in [2.75, 3.05) is 5.32 Å². The molecule has 0 aromatic heterocycles. The number of carboxylic acids is 1. The van der Waals surface area contributed by atoms with Gasteiger partial charge in [-0.2, -0.15) is 0 Å². The molecule has 0 atom stereocenters. The molecule has 0 saturated carbocycles. The maximum Gasteiger partial charge on any atom is 0.340 e. The second-order valence-corrected chi connectivity index (χ2v) is 4.76. The molecule has 0 spiro atoms. The van der Waals surface area contributed by atoms with Gasteiger partial charge in [0.2, 0.25) is 0 Å². The fourth-order valence-corrected chi connectivity index (χ4v) is 2.15. The number of hydrogen-bond acceptors (Lipinski definition) is 2. The Labute approximate surface area is 122 Å². The van der Waals surface area contributed by atoms with Crippen molar-refractivity contribution in [1.82, 2.24) is 0 Å². The Hall–Kier alpha value is -2.21. The first-order valence-corrected chi connectivity index (χ1v) is 6.37. The van der Waals surface area contributed by atoms with Gasteiger partial charge in [-0.05, 0) is 40.2 Å². The molecule has 102 valence electrons. The average molecular weight is 338 g/mol. The van der Waals surface area contributed by atoms with Crippen molar-refractivity contribution in [2.24, 2.45) is 0 Å². The molecule has 6 heteroatoms. The Kier molecular flexibility index (Phi) is 4.14. The molecule has 4 nitrogen and oxygen atoms in total. The fraction of sp³-hybridized carbons (Fsp3) is 0. The number of nitrogens with one attached hydrogen (secondary N) is 1. The highest BCUT2D eigenvalue weighted by molar-refractivity contribution is 9.10. The summed E-state index contributed by atoms with van der Waals surface area (Å²) in [7, 11) is 0. The van der Waals surface area contributed by atoms with Crippen molar-refractivity contribution < 1.29 is 19.1 Å². The van der Waals surface area contributed by atoms with E-state index in [1.165, 1.54) is 12.1 Å². The molecule has 0 aliphatic heterocycles. The molecule has 0 fully saturated rings. The zero-order valence-electron chi connectivity index (χ0n) is 10.1. The Morgan fingerprint density at radius 2 is 1.80 bits per heavy atom. The van der Waals surface area contributed by atoms with E-state index in [1.54, 1.807) is 24.3 Å². The van der Waals surface area contributed by atoms with Crippen LogP contribution < -0.4 is 5.32 Å². The molecule has 0 aliphatic rings. The van der Waals surface area contributed by atoms with Crippen LogP contribution in [0.4, 0.5) is 10.1 Å². The lowest BCUT2D eigenvalue weighted by atomic mass is 10.1. The van der Waals surface area contributed by atoms with Crippen LogP contribution in [0.5, 0.6) is 0 Å². The van der Waals surface area contributed by atoms with Crippen molar-refractivity contribution in [3.63, 3.8) is 0 Å². The van der Waals surface area contributed by atoms with Crippen molar-refractivity contribution in [2.45, 2.75) is 0 Å². The zero-order valence-corrected chi connectivity index (χ0v) is 11.6. The third kappa shape index (κ3) is 2.85. The summed E-state index contributed by atoms with van der Waals surface area (Å²) in [6.07, 6.45) is 0. The predicted octanol–water partition coefficient (Wildman–Crippen LogP) is 3.54. The van der Waals surface area contributed by atoms with Crippen LogP contribution in [-0.2, 0) is 0 Å². The predicted molar refractivity (Wildman–Crippen MR) is 75.5 cm³/mol. The van der Waals surface area contributed by atoms with Crippen molar-refractivity contribution in [1.29, 1.82) is 0 Å². The van der Waals surface area contributed by atoms with E-state index in [-0.39, 0.29) is 5.69 Å². The highest BCUT2D eigenvalue weighted by Gasteiger charge is 2.18. The molecule has 0 aliphatic carbocycles. The van der Waals surface area contributed by atoms with Gasteiger partial charge in [-0.1, -0.05) is 18.2 Å². The number of halogens is 2. The number of hydrogen-bond donors (Lipinski definition) is 2. The topological polar surface area (TPSA) is 66.4 Å². The van der Waals surface area contributed by atoms with Crippen molar-refractivity contribution in [3.05, 3.63) is 63.9 Å². The molecule has 0 saturated heterocycles. The molecule has 2 N–H and O–H groups in total. The number of aromatic carboxylic acids is 1. The van der Waals surface area contributed by atoms with Gasteiger partial charge >= 0.3 is 5.97 Å². The first-order chi connectivity index (χ1) is 9.50. The number of anilines is 1. The smallest absolute Gasteiger partial charge is 0.340 e. The summed E-state index contributed by atoms with van der Waals surface area (Å²) in [5, 5.41) is 11.4. The van der Waals surface area contributed by atoms with E-state index in [0.717, 1.165) is 6.07 Å². The number of rotatable bonds is 3. The summed E-state index contributed by atoms with van der Waals surface area (Å²) < 4.78 is 14.1. The number of carbonyl (C=O) groups excluding carboxylic acids is 1. The Morgan fingerprint density at radius 1 is 1.10 bits per heavy atom. The second-order valence-electron chi connectivity index (χ2n) is 3.90. The van der Waals surface area contributed by atoms with Gasteiger partial charge in [0, 0.05) is 4.47 Å². The third-order valence-electron chi connectivity index (χ3n) is 2.59. The molecule has 20 heavy (non-hydrogen) atoms. The molecule has 0 heterocycles. The van der Waals surface area contributed by atoms with Crippen molar-refractivity contribution >= 4 is 33.5 Å². The lowest BCUT2D eigenvalue weighted by Gasteiger charge is -2.10. The van der Waals surface area contributed by atoms with E-state index in [1.807, 2.05) is 0 Å². The highest BCUT2D eigenvalue weighted by Crippen LogP contribution is 2.22. The van der Waals surface area contributed by atoms with E-state index >= 15 is 0 Å². The summed E-state index contributed by atoms with van der Waals surface area (Å²) in [5.41, 5.74) is -0.320. The van der Waals surface area contributed by atoms with Gasteiger partial charge in [0.1, 0.15) is 11.4 Å². The van der Waals surface area contributed by atoms with Gasteiger partial charge in [0.15, 0.2) is 0 Å². The van der Waals surface area contributed by atoms with Crippen LogP contribution in [0.15, 0.2) is 46.9 Å². The number of carboxylic acid groups (broad SMARTS) is 1. The van der Waals surface area contributed by atoms with Crippen LogP contribution in [0.1, 0.15) is 20.7 Å². The second kappa shape index (κ2) is 5.83. The van der Waals surface area contributed by atoms with Gasteiger partial charge in [-0.25, -0.2) is 9.18 Å². The quantitative estimate of drug-likeness (QED) is 0.900. The van der Waals surface area contributed by atoms with E-state index in [2.05, 4.69) is 21.2 Å². The minimum absolute atomic E-state index is 0.0850. The van der Waals surface area contributed by atoms with Gasteiger partial charge < -0.3 is 10.4 Å². The molecule has 0 bridgehead atoms. The summed E-state index contributed by atoms with van der Waals surface area (Å²) in [4.78, 5) is 23.1. The van der Waals surface area contributed by atoms with Gasteiger partial charge in [0.05, 0.1) is 11.3 Å².